The Hall–Kier alpha value is -2.63. The number of carbonyl (C=O) groups is 2. The van der Waals surface area contributed by atoms with E-state index in [0.29, 0.717) is 17.7 Å². The van der Waals surface area contributed by atoms with Gasteiger partial charge < -0.3 is 15.7 Å². The maximum Gasteiger partial charge on any atom is 0.273 e. The molecule has 0 fully saturated rings. The average Bonchev–Trinajstić information content (AvgIpc) is 2.88. The number of nitrogens with zero attached hydrogens (tertiary/aromatic N) is 2. The molecule has 3 rings (SSSR count). The lowest BCUT2D eigenvalue weighted by atomic mass is 9.99. The third-order valence-corrected chi connectivity index (χ3v) is 4.12. The van der Waals surface area contributed by atoms with Crippen molar-refractivity contribution in [3.63, 3.8) is 0 Å². The lowest BCUT2D eigenvalue weighted by Crippen LogP contribution is -2.25. The first-order chi connectivity index (χ1) is 10.6. The number of hydrogen-bond acceptors (Lipinski definition) is 4. The largest absolute Gasteiger partial charge is 0.336 e. The first-order valence-electron chi connectivity index (χ1n) is 7.32. The molecule has 0 aliphatic carbocycles. The van der Waals surface area contributed by atoms with Crippen LogP contribution in [0.15, 0.2) is 23.3 Å². The maximum absolute atomic E-state index is 12.4. The first-order valence-corrected chi connectivity index (χ1v) is 7.32. The summed E-state index contributed by atoms with van der Waals surface area (Å²) in [6.07, 6.45) is 3.42. The van der Waals surface area contributed by atoms with E-state index in [1.54, 1.807) is 0 Å². The Morgan fingerprint density at radius 1 is 1.41 bits per heavy atom. The molecular weight excluding hydrogens is 280 g/mol. The molecule has 22 heavy (non-hydrogen) atoms. The molecule has 0 saturated carbocycles. The molecule has 2 aromatic rings. The molecule has 6 heteroatoms. The van der Waals surface area contributed by atoms with Crippen molar-refractivity contribution in [3.8, 4) is 0 Å². The van der Waals surface area contributed by atoms with Crippen LogP contribution in [0.2, 0.25) is 0 Å². The van der Waals surface area contributed by atoms with E-state index in [1.807, 2.05) is 29.7 Å². The van der Waals surface area contributed by atoms with Gasteiger partial charge in [-0.15, -0.1) is 0 Å². The van der Waals surface area contributed by atoms with E-state index in [9.17, 15) is 9.59 Å². The number of Topliss-reactive ketones (excluding diaryl/α,β-unsaturated/α-hetero) is 1. The number of benzene rings is 1. The van der Waals surface area contributed by atoms with Gasteiger partial charge in [-0.1, -0.05) is 6.07 Å². The number of carbonyl (C=O) groups excluding carboxylic acids is 2. The third kappa shape index (κ3) is 2.26. The van der Waals surface area contributed by atoms with Crippen LogP contribution in [-0.2, 0) is 6.54 Å². The fourth-order valence-electron chi connectivity index (χ4n) is 3.02. The molecule has 1 aromatic heterocycles. The van der Waals surface area contributed by atoms with Gasteiger partial charge >= 0.3 is 0 Å². The minimum Gasteiger partial charge on any atom is -0.336 e. The summed E-state index contributed by atoms with van der Waals surface area (Å²) in [5.41, 5.74) is 3.14. The Labute approximate surface area is 128 Å². The molecule has 0 spiro atoms. The molecule has 2 heterocycles. The zero-order valence-corrected chi connectivity index (χ0v) is 12.4. The summed E-state index contributed by atoms with van der Waals surface area (Å²) in [5.74, 6) is 4.89. The highest BCUT2D eigenvalue weighted by Gasteiger charge is 2.22. The van der Waals surface area contributed by atoms with Crippen molar-refractivity contribution in [2.75, 3.05) is 0 Å². The van der Waals surface area contributed by atoms with E-state index in [-0.39, 0.29) is 11.7 Å². The van der Waals surface area contributed by atoms with Crippen LogP contribution in [0, 0.1) is 6.92 Å². The van der Waals surface area contributed by atoms with Crippen LogP contribution in [-0.4, -0.2) is 22.6 Å². The molecule has 1 aliphatic rings. The molecule has 114 valence electrons. The summed E-state index contributed by atoms with van der Waals surface area (Å²) >= 11 is 0. The number of amides is 1. The highest BCUT2D eigenvalue weighted by Crippen LogP contribution is 2.30. The SMILES string of the molecule is Cc1ccc2c3c1cc(C(=O)NC=NN)n3CCCCC2=O. The van der Waals surface area contributed by atoms with Gasteiger partial charge in [-0.2, -0.15) is 5.10 Å². The van der Waals surface area contributed by atoms with Crippen LogP contribution in [0.5, 0.6) is 0 Å². The monoisotopic (exact) mass is 298 g/mol. The quantitative estimate of drug-likeness (QED) is 0.384. The molecule has 3 N–H and O–H groups in total. The van der Waals surface area contributed by atoms with Gasteiger partial charge in [0, 0.05) is 23.9 Å². The second-order valence-electron chi connectivity index (χ2n) is 5.51. The normalized spacial score (nSPS) is 15.0. The lowest BCUT2D eigenvalue weighted by Gasteiger charge is -2.15. The Morgan fingerprint density at radius 3 is 3.00 bits per heavy atom. The Morgan fingerprint density at radius 2 is 2.23 bits per heavy atom. The van der Waals surface area contributed by atoms with Crippen molar-refractivity contribution in [2.24, 2.45) is 10.9 Å². The van der Waals surface area contributed by atoms with Gasteiger partial charge in [-0.25, -0.2) is 0 Å². The summed E-state index contributed by atoms with van der Waals surface area (Å²) in [4.78, 5) is 24.7. The molecule has 1 aliphatic heterocycles. The van der Waals surface area contributed by atoms with E-state index in [1.165, 1.54) is 0 Å². The fourth-order valence-corrected chi connectivity index (χ4v) is 3.02. The van der Waals surface area contributed by atoms with Gasteiger partial charge in [-0.3, -0.25) is 9.59 Å². The molecule has 6 nitrogen and oxygen atoms in total. The number of ketones is 1. The van der Waals surface area contributed by atoms with E-state index >= 15 is 0 Å². The summed E-state index contributed by atoms with van der Waals surface area (Å²) in [7, 11) is 0. The van der Waals surface area contributed by atoms with E-state index in [2.05, 4.69) is 10.4 Å². The lowest BCUT2D eigenvalue weighted by molar-refractivity contribution is 0.0958. The van der Waals surface area contributed by atoms with E-state index < -0.39 is 0 Å². The molecular formula is C16H18N4O2. The summed E-state index contributed by atoms with van der Waals surface area (Å²) < 4.78 is 1.94. The molecule has 0 bridgehead atoms. The topological polar surface area (TPSA) is 89.5 Å². The zero-order valence-electron chi connectivity index (χ0n) is 12.4. The number of hydrazone groups is 1. The second-order valence-corrected chi connectivity index (χ2v) is 5.51. The Kier molecular flexibility index (Phi) is 3.66. The summed E-state index contributed by atoms with van der Waals surface area (Å²) in [6, 6.07) is 5.64. The van der Waals surface area contributed by atoms with Gasteiger partial charge in [0.05, 0.1) is 5.52 Å². The van der Waals surface area contributed by atoms with Gasteiger partial charge in [-0.05, 0) is 37.5 Å². The van der Waals surface area contributed by atoms with Crippen LogP contribution < -0.4 is 11.2 Å². The Bertz CT molecular complexity index is 789. The van der Waals surface area contributed by atoms with Gasteiger partial charge in [0.15, 0.2) is 5.78 Å². The molecule has 1 amide bonds. The minimum atomic E-state index is -0.274. The van der Waals surface area contributed by atoms with Crippen LogP contribution in [0.3, 0.4) is 0 Å². The molecule has 0 unspecified atom stereocenters. The van der Waals surface area contributed by atoms with Crippen molar-refractivity contribution >= 4 is 28.9 Å². The van der Waals surface area contributed by atoms with Crippen molar-refractivity contribution in [2.45, 2.75) is 32.7 Å². The van der Waals surface area contributed by atoms with Crippen molar-refractivity contribution in [1.29, 1.82) is 0 Å². The van der Waals surface area contributed by atoms with Crippen molar-refractivity contribution in [3.05, 3.63) is 35.0 Å². The van der Waals surface area contributed by atoms with Crippen molar-refractivity contribution < 1.29 is 9.59 Å². The number of aryl methyl sites for hydroxylation is 2. The molecule has 1 aromatic carbocycles. The predicted molar refractivity (Wildman–Crippen MR) is 85.0 cm³/mol. The van der Waals surface area contributed by atoms with E-state index in [4.69, 9.17) is 5.84 Å². The van der Waals surface area contributed by atoms with Crippen LogP contribution in [0.1, 0.15) is 45.7 Å². The van der Waals surface area contributed by atoms with Crippen LogP contribution in [0.25, 0.3) is 10.9 Å². The van der Waals surface area contributed by atoms with Gasteiger partial charge in [0.25, 0.3) is 5.91 Å². The standard InChI is InChI=1S/C16H18N4O2/c1-10-5-6-11-14(21)4-2-3-7-20-13(8-12(10)15(11)20)16(22)18-9-19-17/h5-6,8-9H,2-4,7,17H2,1H3,(H,18,19,22). The summed E-state index contributed by atoms with van der Waals surface area (Å²) in [6.45, 7) is 2.70. The number of nitrogens with two attached hydrogens (primary N) is 1. The maximum atomic E-state index is 12.4. The highest BCUT2D eigenvalue weighted by atomic mass is 16.2. The zero-order chi connectivity index (χ0) is 15.7. The number of rotatable bonds is 2. The van der Waals surface area contributed by atoms with Crippen LogP contribution >= 0.6 is 0 Å². The van der Waals surface area contributed by atoms with Gasteiger partial charge in [0.2, 0.25) is 0 Å². The first kappa shape index (κ1) is 14.3. The smallest absolute Gasteiger partial charge is 0.273 e. The minimum absolute atomic E-state index is 0.138. The summed E-state index contributed by atoms with van der Waals surface area (Å²) in [5, 5.41) is 6.76. The fraction of sp³-hybridized carbons (Fsp3) is 0.312. The molecule has 0 radical (unpaired) electrons. The molecule has 0 saturated heterocycles. The number of nitrogens with one attached hydrogen (secondary N) is 1. The average molecular weight is 298 g/mol. The third-order valence-electron chi connectivity index (χ3n) is 4.12. The Balaban J connectivity index is 2.25. The number of hydrogen-bond donors (Lipinski definition) is 2. The van der Waals surface area contributed by atoms with Crippen molar-refractivity contribution in [1.82, 2.24) is 9.88 Å². The van der Waals surface area contributed by atoms with Crippen LogP contribution in [0.4, 0.5) is 0 Å². The highest BCUT2D eigenvalue weighted by molar-refractivity contribution is 6.11. The molecule has 0 atom stereocenters. The van der Waals surface area contributed by atoms with Gasteiger partial charge in [0.1, 0.15) is 12.0 Å². The number of aromatic nitrogens is 1. The predicted octanol–water partition coefficient (Wildman–Crippen LogP) is 1.95. The van der Waals surface area contributed by atoms with E-state index in [0.717, 1.165) is 42.2 Å². The second kappa shape index (κ2) is 5.63.